The van der Waals surface area contributed by atoms with Crippen molar-refractivity contribution >= 4 is 29.5 Å². The third kappa shape index (κ3) is 4.37. The zero-order valence-electron chi connectivity index (χ0n) is 17.7. The van der Waals surface area contributed by atoms with Gasteiger partial charge in [-0.05, 0) is 25.5 Å². The lowest BCUT2D eigenvalue weighted by Gasteiger charge is -2.23. The molecule has 1 unspecified atom stereocenters. The smallest absolute Gasteiger partial charge is 0.416 e. The number of ether oxygens (including phenoxy) is 1. The van der Waals surface area contributed by atoms with Crippen LogP contribution in [0.4, 0.5) is 21.0 Å². The van der Waals surface area contributed by atoms with E-state index in [0.29, 0.717) is 11.1 Å². The number of benzene rings is 1. The topological polar surface area (TPSA) is 105 Å². The highest BCUT2D eigenvalue weighted by Crippen LogP contribution is 2.29. The Labute approximate surface area is 188 Å². The first-order valence-corrected chi connectivity index (χ1v) is 10.3. The maximum absolute atomic E-state index is 14.9. The third-order valence-electron chi connectivity index (χ3n) is 5.24. The van der Waals surface area contributed by atoms with E-state index in [-0.39, 0.29) is 23.5 Å². The summed E-state index contributed by atoms with van der Waals surface area (Å²) < 4.78 is 21.5. The normalized spacial score (nSPS) is 17.9. The number of aryl methyl sites for hydroxylation is 1. The van der Waals surface area contributed by atoms with Gasteiger partial charge in [0.05, 0.1) is 18.3 Å². The van der Waals surface area contributed by atoms with Gasteiger partial charge in [-0.2, -0.15) is 10.1 Å². The first-order chi connectivity index (χ1) is 15.2. The number of cyclic esters (lactones) is 1. The number of halogens is 2. The van der Waals surface area contributed by atoms with Crippen molar-refractivity contribution in [3.63, 3.8) is 0 Å². The highest BCUT2D eigenvalue weighted by atomic mass is 35.5. The standard InChI is InChI=1S/C21H22ClFN6O3/c1-11(15-5-4-13(6-16(15)23)14-8-24-28(3)9-14)25-20-26-18(22)7-19(27-20)29-17(12(2)30)10-32-21(29)31/h4-9,11-12,17,30H,10H2,1-3H3,(H,25,26,27)/t11-,12+,17?/m0/s1. The average molecular weight is 461 g/mol. The number of hydrogen-bond donors (Lipinski definition) is 2. The molecule has 3 atom stereocenters. The number of hydrogen-bond acceptors (Lipinski definition) is 7. The number of carbonyl (C=O) groups is 1. The van der Waals surface area contributed by atoms with Crippen LogP contribution in [0.2, 0.25) is 5.15 Å². The molecule has 1 aromatic carbocycles. The number of aliphatic hydroxyl groups is 1. The van der Waals surface area contributed by atoms with E-state index in [4.69, 9.17) is 16.3 Å². The van der Waals surface area contributed by atoms with Gasteiger partial charge >= 0.3 is 6.09 Å². The molecule has 1 amide bonds. The van der Waals surface area contributed by atoms with Gasteiger partial charge in [0.15, 0.2) is 0 Å². The summed E-state index contributed by atoms with van der Waals surface area (Å²) in [6.07, 6.45) is 2.00. The molecule has 1 fully saturated rings. The molecule has 1 aliphatic rings. The monoisotopic (exact) mass is 460 g/mol. The van der Waals surface area contributed by atoms with Crippen LogP contribution in [0.1, 0.15) is 25.5 Å². The number of aliphatic hydroxyl groups excluding tert-OH is 1. The molecule has 0 aliphatic carbocycles. The van der Waals surface area contributed by atoms with Crippen LogP contribution in [0, 0.1) is 5.82 Å². The summed E-state index contributed by atoms with van der Waals surface area (Å²) in [5.74, 6) is -0.105. The minimum absolute atomic E-state index is 0.0335. The van der Waals surface area contributed by atoms with E-state index in [1.807, 2.05) is 6.07 Å². The number of rotatable bonds is 6. The molecular formula is C21H22ClFN6O3. The molecule has 0 radical (unpaired) electrons. The Morgan fingerprint density at radius 2 is 2.06 bits per heavy atom. The second kappa shape index (κ2) is 8.71. The zero-order valence-corrected chi connectivity index (χ0v) is 18.4. The number of nitrogens with zero attached hydrogens (tertiary/aromatic N) is 5. The van der Waals surface area contributed by atoms with E-state index < -0.39 is 30.1 Å². The Bertz CT molecular complexity index is 1150. The molecule has 9 nitrogen and oxygen atoms in total. The second-order valence-electron chi connectivity index (χ2n) is 7.63. The average Bonchev–Trinajstić information content (AvgIpc) is 3.33. The predicted octanol–water partition coefficient (Wildman–Crippen LogP) is 3.55. The molecule has 2 N–H and O–H groups in total. The van der Waals surface area contributed by atoms with Crippen LogP contribution in [0.15, 0.2) is 36.7 Å². The Balaban J connectivity index is 1.57. The summed E-state index contributed by atoms with van der Waals surface area (Å²) in [5.41, 5.74) is 1.93. The minimum atomic E-state index is -0.835. The number of anilines is 2. The molecule has 11 heteroatoms. The molecule has 1 saturated heterocycles. The van der Waals surface area contributed by atoms with Gasteiger partial charge in [-0.15, -0.1) is 0 Å². The summed E-state index contributed by atoms with van der Waals surface area (Å²) in [5, 5.41) is 17.2. The summed E-state index contributed by atoms with van der Waals surface area (Å²) in [4.78, 5) is 21.9. The summed E-state index contributed by atoms with van der Waals surface area (Å²) in [6.45, 7) is 3.35. The maximum Gasteiger partial charge on any atom is 0.416 e. The van der Waals surface area contributed by atoms with Gasteiger partial charge in [0.2, 0.25) is 5.95 Å². The molecule has 4 rings (SSSR count). The van der Waals surface area contributed by atoms with Crippen LogP contribution >= 0.6 is 11.6 Å². The number of aromatic nitrogens is 4. The first kappa shape index (κ1) is 22.0. The van der Waals surface area contributed by atoms with E-state index in [0.717, 1.165) is 5.56 Å². The lowest BCUT2D eigenvalue weighted by Crippen LogP contribution is -2.41. The largest absolute Gasteiger partial charge is 0.447 e. The van der Waals surface area contributed by atoms with Crippen molar-refractivity contribution in [1.29, 1.82) is 0 Å². The quantitative estimate of drug-likeness (QED) is 0.542. The van der Waals surface area contributed by atoms with Crippen molar-refractivity contribution in [3.8, 4) is 11.1 Å². The van der Waals surface area contributed by atoms with E-state index in [1.165, 1.54) is 17.0 Å². The van der Waals surface area contributed by atoms with Crippen molar-refractivity contribution in [3.05, 3.63) is 53.2 Å². The number of nitrogens with one attached hydrogen (secondary N) is 1. The molecule has 0 saturated carbocycles. The van der Waals surface area contributed by atoms with Crippen LogP contribution in [0.5, 0.6) is 0 Å². The first-order valence-electron chi connectivity index (χ1n) is 9.96. The van der Waals surface area contributed by atoms with Gasteiger partial charge in [-0.25, -0.2) is 14.2 Å². The molecule has 168 valence electrons. The summed E-state index contributed by atoms with van der Waals surface area (Å²) in [6, 6.07) is 5.25. The molecule has 0 spiro atoms. The van der Waals surface area contributed by atoms with Crippen molar-refractivity contribution < 1.29 is 19.0 Å². The van der Waals surface area contributed by atoms with Gasteiger partial charge in [-0.3, -0.25) is 9.58 Å². The zero-order chi connectivity index (χ0) is 23.0. The molecule has 1 aliphatic heterocycles. The Hall–Kier alpha value is -3.24. The van der Waals surface area contributed by atoms with E-state index in [2.05, 4.69) is 20.4 Å². The van der Waals surface area contributed by atoms with Crippen molar-refractivity contribution in [2.75, 3.05) is 16.8 Å². The lowest BCUT2D eigenvalue weighted by atomic mass is 10.0. The van der Waals surface area contributed by atoms with Crippen LogP contribution in [0.3, 0.4) is 0 Å². The van der Waals surface area contributed by atoms with Crippen LogP contribution in [0.25, 0.3) is 11.1 Å². The molecule has 2 aromatic heterocycles. The molecule has 32 heavy (non-hydrogen) atoms. The summed E-state index contributed by atoms with van der Waals surface area (Å²) in [7, 11) is 1.80. The van der Waals surface area contributed by atoms with Gasteiger partial charge in [0.25, 0.3) is 0 Å². The summed E-state index contributed by atoms with van der Waals surface area (Å²) >= 11 is 6.14. The van der Waals surface area contributed by atoms with Crippen molar-refractivity contribution in [1.82, 2.24) is 19.7 Å². The maximum atomic E-state index is 14.9. The SMILES string of the molecule is C[C@H](Nc1nc(Cl)cc(N2C(=O)OCC2[C@@H](C)O)n1)c1ccc(-c2cnn(C)c2)cc1F. The van der Waals surface area contributed by atoms with E-state index in [9.17, 15) is 14.3 Å². The Kier molecular flexibility index (Phi) is 5.98. The highest BCUT2D eigenvalue weighted by Gasteiger charge is 2.38. The van der Waals surface area contributed by atoms with E-state index >= 15 is 0 Å². The minimum Gasteiger partial charge on any atom is -0.447 e. The van der Waals surface area contributed by atoms with Crippen LogP contribution < -0.4 is 10.2 Å². The highest BCUT2D eigenvalue weighted by molar-refractivity contribution is 6.29. The van der Waals surface area contributed by atoms with Gasteiger partial charge < -0.3 is 15.2 Å². The van der Waals surface area contributed by atoms with Gasteiger partial charge in [0, 0.05) is 30.4 Å². The predicted molar refractivity (Wildman–Crippen MR) is 117 cm³/mol. The van der Waals surface area contributed by atoms with Gasteiger partial charge in [0.1, 0.15) is 29.4 Å². The molecular weight excluding hydrogens is 439 g/mol. The van der Waals surface area contributed by atoms with Crippen molar-refractivity contribution in [2.24, 2.45) is 7.05 Å². The molecule has 3 aromatic rings. The Morgan fingerprint density at radius 3 is 2.72 bits per heavy atom. The van der Waals surface area contributed by atoms with E-state index in [1.54, 1.807) is 44.0 Å². The number of carbonyl (C=O) groups excluding carboxylic acids is 1. The second-order valence-corrected chi connectivity index (χ2v) is 8.02. The molecule has 0 bridgehead atoms. The van der Waals surface area contributed by atoms with Crippen molar-refractivity contribution in [2.45, 2.75) is 32.0 Å². The van der Waals surface area contributed by atoms with Gasteiger partial charge in [-0.1, -0.05) is 23.7 Å². The fourth-order valence-corrected chi connectivity index (χ4v) is 3.73. The van der Waals surface area contributed by atoms with Crippen LogP contribution in [-0.4, -0.2) is 49.7 Å². The van der Waals surface area contributed by atoms with Crippen LogP contribution in [-0.2, 0) is 11.8 Å². The fourth-order valence-electron chi connectivity index (χ4n) is 3.55. The lowest BCUT2D eigenvalue weighted by molar-refractivity contribution is 0.142. The molecule has 3 heterocycles. The third-order valence-corrected chi connectivity index (χ3v) is 5.44. The Morgan fingerprint density at radius 1 is 1.28 bits per heavy atom. The fraction of sp³-hybridized carbons (Fsp3) is 0.333. The number of amides is 1.